The van der Waals surface area contributed by atoms with Gasteiger partial charge < -0.3 is 9.84 Å². The Morgan fingerprint density at radius 3 is 2.71 bits per heavy atom. The normalized spacial score (nSPS) is 10.7. The van der Waals surface area contributed by atoms with Crippen molar-refractivity contribution in [2.75, 3.05) is 13.7 Å². The van der Waals surface area contributed by atoms with E-state index in [2.05, 4.69) is 22.4 Å². The standard InChI is InChI=1S/C15H19N3O3/c1-21-11-9-13-14(15(19)20)16-17-18(13)10-5-8-12-6-3-2-4-7-12/h2-4,6-7H,5,8-11H2,1H3,(H,19,20). The summed E-state index contributed by atoms with van der Waals surface area (Å²) in [6, 6.07) is 10.2. The first-order chi connectivity index (χ1) is 10.2. The molecule has 0 radical (unpaired) electrons. The summed E-state index contributed by atoms with van der Waals surface area (Å²) in [7, 11) is 1.59. The fourth-order valence-corrected chi connectivity index (χ4v) is 2.20. The molecular weight excluding hydrogens is 270 g/mol. The van der Waals surface area contributed by atoms with Crippen molar-refractivity contribution in [1.29, 1.82) is 0 Å². The number of carboxylic acids is 1. The van der Waals surface area contributed by atoms with E-state index in [0.717, 1.165) is 12.8 Å². The van der Waals surface area contributed by atoms with Crippen LogP contribution >= 0.6 is 0 Å². The highest BCUT2D eigenvalue weighted by molar-refractivity contribution is 5.86. The molecule has 6 nitrogen and oxygen atoms in total. The number of hydrogen-bond acceptors (Lipinski definition) is 4. The van der Waals surface area contributed by atoms with Crippen LogP contribution in [0.3, 0.4) is 0 Å². The number of methoxy groups -OCH3 is 1. The van der Waals surface area contributed by atoms with Gasteiger partial charge in [0.15, 0.2) is 5.69 Å². The number of aryl methyl sites for hydroxylation is 2. The fourth-order valence-electron chi connectivity index (χ4n) is 2.20. The largest absolute Gasteiger partial charge is 0.476 e. The summed E-state index contributed by atoms with van der Waals surface area (Å²) >= 11 is 0. The van der Waals surface area contributed by atoms with Crippen molar-refractivity contribution in [1.82, 2.24) is 15.0 Å². The van der Waals surface area contributed by atoms with Crippen molar-refractivity contribution >= 4 is 5.97 Å². The third-order valence-electron chi connectivity index (χ3n) is 3.26. The van der Waals surface area contributed by atoms with Crippen LogP contribution in [0.15, 0.2) is 30.3 Å². The summed E-state index contributed by atoms with van der Waals surface area (Å²) in [5.41, 5.74) is 1.90. The molecule has 0 aliphatic rings. The van der Waals surface area contributed by atoms with Gasteiger partial charge >= 0.3 is 5.97 Å². The maximum atomic E-state index is 11.1. The lowest BCUT2D eigenvalue weighted by Gasteiger charge is -2.07. The number of ether oxygens (including phenoxy) is 1. The Bertz CT molecular complexity index is 581. The fraction of sp³-hybridized carbons (Fsp3) is 0.400. The van der Waals surface area contributed by atoms with Gasteiger partial charge in [-0.15, -0.1) is 5.10 Å². The van der Waals surface area contributed by atoms with E-state index < -0.39 is 5.97 Å². The minimum Gasteiger partial charge on any atom is -0.476 e. The minimum absolute atomic E-state index is 0.0201. The lowest BCUT2D eigenvalue weighted by atomic mass is 10.1. The Morgan fingerprint density at radius 2 is 2.05 bits per heavy atom. The number of aromatic nitrogens is 3. The molecule has 0 aliphatic heterocycles. The summed E-state index contributed by atoms with van der Waals surface area (Å²) < 4.78 is 6.69. The molecule has 0 fully saturated rings. The lowest BCUT2D eigenvalue weighted by molar-refractivity contribution is 0.0688. The number of aromatic carboxylic acids is 1. The second kappa shape index (κ2) is 7.54. The van der Waals surface area contributed by atoms with Crippen molar-refractivity contribution in [3.63, 3.8) is 0 Å². The smallest absolute Gasteiger partial charge is 0.358 e. The van der Waals surface area contributed by atoms with Crippen LogP contribution < -0.4 is 0 Å². The van der Waals surface area contributed by atoms with Gasteiger partial charge in [-0.25, -0.2) is 9.48 Å². The molecule has 2 rings (SSSR count). The van der Waals surface area contributed by atoms with E-state index in [9.17, 15) is 4.79 Å². The van der Waals surface area contributed by atoms with Crippen molar-refractivity contribution in [3.8, 4) is 0 Å². The predicted molar refractivity (Wildman–Crippen MR) is 77.3 cm³/mol. The summed E-state index contributed by atoms with van der Waals surface area (Å²) in [6.45, 7) is 1.10. The summed E-state index contributed by atoms with van der Waals surface area (Å²) in [4.78, 5) is 11.1. The Balaban J connectivity index is 2.00. The second-order valence-electron chi connectivity index (χ2n) is 4.74. The van der Waals surface area contributed by atoms with Gasteiger partial charge in [0.05, 0.1) is 12.3 Å². The van der Waals surface area contributed by atoms with Crippen LogP contribution in [0, 0.1) is 0 Å². The highest BCUT2D eigenvalue weighted by Gasteiger charge is 2.18. The monoisotopic (exact) mass is 289 g/mol. The highest BCUT2D eigenvalue weighted by atomic mass is 16.5. The molecule has 1 heterocycles. The van der Waals surface area contributed by atoms with Gasteiger partial charge in [0.2, 0.25) is 0 Å². The van der Waals surface area contributed by atoms with E-state index >= 15 is 0 Å². The molecular formula is C15H19N3O3. The van der Waals surface area contributed by atoms with Crippen LogP contribution in [-0.2, 0) is 24.1 Å². The van der Waals surface area contributed by atoms with E-state index in [4.69, 9.17) is 9.84 Å². The van der Waals surface area contributed by atoms with Gasteiger partial charge in [-0.05, 0) is 18.4 Å². The predicted octanol–water partition coefficient (Wildman–Crippen LogP) is 1.80. The number of carboxylic acid groups (broad SMARTS) is 1. The van der Waals surface area contributed by atoms with Crippen LogP contribution in [-0.4, -0.2) is 39.8 Å². The van der Waals surface area contributed by atoms with Gasteiger partial charge in [0.25, 0.3) is 0 Å². The Hall–Kier alpha value is -2.21. The molecule has 0 spiro atoms. The minimum atomic E-state index is -1.05. The van der Waals surface area contributed by atoms with E-state index in [1.807, 2.05) is 18.2 Å². The Kier molecular flexibility index (Phi) is 5.45. The van der Waals surface area contributed by atoms with Gasteiger partial charge in [-0.2, -0.15) is 0 Å². The average molecular weight is 289 g/mol. The summed E-state index contributed by atoms with van der Waals surface area (Å²) in [5, 5.41) is 16.8. The first-order valence-electron chi connectivity index (χ1n) is 6.91. The van der Waals surface area contributed by atoms with Crippen LogP contribution in [0.1, 0.15) is 28.2 Å². The van der Waals surface area contributed by atoms with Crippen molar-refractivity contribution in [3.05, 3.63) is 47.3 Å². The molecule has 0 bridgehead atoms. The first kappa shape index (κ1) is 15.2. The molecule has 6 heteroatoms. The number of hydrogen-bond donors (Lipinski definition) is 1. The van der Waals surface area contributed by atoms with E-state index in [-0.39, 0.29) is 5.69 Å². The van der Waals surface area contributed by atoms with E-state index in [1.165, 1.54) is 5.56 Å². The third-order valence-corrected chi connectivity index (χ3v) is 3.26. The molecule has 1 aromatic heterocycles. The zero-order chi connectivity index (χ0) is 15.1. The maximum Gasteiger partial charge on any atom is 0.358 e. The Morgan fingerprint density at radius 1 is 1.29 bits per heavy atom. The zero-order valence-corrected chi connectivity index (χ0v) is 12.0. The van der Waals surface area contributed by atoms with E-state index in [1.54, 1.807) is 11.8 Å². The third kappa shape index (κ3) is 4.13. The van der Waals surface area contributed by atoms with Gasteiger partial charge in [0, 0.05) is 20.1 Å². The highest BCUT2D eigenvalue weighted by Crippen LogP contribution is 2.10. The number of carbonyl (C=O) groups is 1. The molecule has 112 valence electrons. The molecule has 21 heavy (non-hydrogen) atoms. The topological polar surface area (TPSA) is 77.2 Å². The molecule has 2 aromatic rings. The second-order valence-corrected chi connectivity index (χ2v) is 4.74. The maximum absolute atomic E-state index is 11.1. The molecule has 0 saturated carbocycles. The molecule has 0 aliphatic carbocycles. The molecule has 0 amide bonds. The zero-order valence-electron chi connectivity index (χ0n) is 12.0. The SMILES string of the molecule is COCCc1c(C(=O)O)nnn1CCCc1ccccc1. The van der Waals surface area contributed by atoms with Gasteiger partial charge in [-0.1, -0.05) is 35.5 Å². The molecule has 1 aromatic carbocycles. The van der Waals surface area contributed by atoms with E-state index in [0.29, 0.717) is 25.3 Å². The summed E-state index contributed by atoms with van der Waals surface area (Å²) in [5.74, 6) is -1.05. The first-order valence-corrected chi connectivity index (χ1v) is 6.91. The average Bonchev–Trinajstić information content (AvgIpc) is 2.89. The van der Waals surface area contributed by atoms with Crippen molar-refractivity contribution < 1.29 is 14.6 Å². The van der Waals surface area contributed by atoms with Crippen LogP contribution in [0.2, 0.25) is 0 Å². The molecule has 0 atom stereocenters. The number of rotatable bonds is 8. The quantitative estimate of drug-likeness (QED) is 0.801. The van der Waals surface area contributed by atoms with Gasteiger partial charge in [-0.3, -0.25) is 0 Å². The molecule has 1 N–H and O–H groups in total. The number of nitrogens with zero attached hydrogens (tertiary/aromatic N) is 3. The van der Waals surface area contributed by atoms with Crippen molar-refractivity contribution in [2.24, 2.45) is 0 Å². The van der Waals surface area contributed by atoms with Crippen LogP contribution in [0.5, 0.6) is 0 Å². The molecule has 0 saturated heterocycles. The van der Waals surface area contributed by atoms with Gasteiger partial charge in [0.1, 0.15) is 0 Å². The molecule has 0 unspecified atom stereocenters. The van der Waals surface area contributed by atoms with Crippen LogP contribution in [0.4, 0.5) is 0 Å². The lowest BCUT2D eigenvalue weighted by Crippen LogP contribution is -2.11. The van der Waals surface area contributed by atoms with Crippen molar-refractivity contribution in [2.45, 2.75) is 25.8 Å². The summed E-state index contributed by atoms with van der Waals surface area (Å²) in [6.07, 6.45) is 2.30. The Labute approximate surface area is 123 Å². The van der Waals surface area contributed by atoms with Crippen LogP contribution in [0.25, 0.3) is 0 Å². The number of benzene rings is 1.